The molecule has 1 nitrogen and oxygen atoms in total. The van der Waals surface area contributed by atoms with Gasteiger partial charge in [-0.15, -0.1) is 11.3 Å². The van der Waals surface area contributed by atoms with Crippen molar-refractivity contribution in [3.8, 4) is 0 Å². The van der Waals surface area contributed by atoms with Gasteiger partial charge < -0.3 is 0 Å². The first-order valence-corrected chi connectivity index (χ1v) is 4.48. The number of hydrogen-bond donors (Lipinski definition) is 0. The Kier molecular flexibility index (Phi) is 3.44. The van der Waals surface area contributed by atoms with Gasteiger partial charge in [-0.25, -0.2) is 0 Å². The van der Waals surface area contributed by atoms with Crippen LogP contribution in [-0.4, -0.2) is 4.98 Å². The van der Waals surface area contributed by atoms with E-state index in [0.29, 0.717) is 0 Å². The van der Waals surface area contributed by atoms with Gasteiger partial charge in [-0.3, -0.25) is 4.98 Å². The van der Waals surface area contributed by atoms with Crippen LogP contribution in [0.2, 0.25) is 0 Å². The largest absolute Gasteiger partial charge is 0.253 e. The number of hydrogen-bond acceptors (Lipinski definition) is 2. The quantitative estimate of drug-likeness (QED) is 0.608. The minimum Gasteiger partial charge on any atom is -0.253 e. The van der Waals surface area contributed by atoms with Crippen LogP contribution in [0.15, 0.2) is 11.7 Å². The van der Waals surface area contributed by atoms with Crippen molar-refractivity contribution in [2.45, 2.75) is 25.7 Å². The van der Waals surface area contributed by atoms with Crippen LogP contribution in [-0.2, 0) is 6.42 Å². The van der Waals surface area contributed by atoms with E-state index in [4.69, 9.17) is 0 Å². The van der Waals surface area contributed by atoms with Gasteiger partial charge in [0, 0.05) is 11.1 Å². The summed E-state index contributed by atoms with van der Waals surface area (Å²) in [6.07, 6.45) is 6.68. The van der Waals surface area contributed by atoms with E-state index in [1.807, 2.05) is 11.7 Å². The summed E-state index contributed by atoms with van der Waals surface area (Å²) >= 11 is 1.74. The van der Waals surface area contributed by atoms with Crippen molar-refractivity contribution in [3.05, 3.63) is 23.5 Å². The normalized spacial score (nSPS) is 10.1. The van der Waals surface area contributed by atoms with Crippen LogP contribution in [0, 0.1) is 6.92 Å². The van der Waals surface area contributed by atoms with Gasteiger partial charge in [-0.2, -0.15) is 0 Å². The van der Waals surface area contributed by atoms with E-state index in [1.54, 1.807) is 11.3 Å². The second kappa shape index (κ2) is 4.45. The van der Waals surface area contributed by atoms with Crippen molar-refractivity contribution in [2.24, 2.45) is 0 Å². The lowest BCUT2D eigenvalue weighted by molar-refractivity contribution is 0.752. The average molecular weight is 154 g/mol. The van der Waals surface area contributed by atoms with Gasteiger partial charge in [0.2, 0.25) is 0 Å². The maximum absolute atomic E-state index is 4.00. The van der Waals surface area contributed by atoms with Gasteiger partial charge in [-0.05, 0) is 12.8 Å². The number of thiazole rings is 1. The fraction of sp³-hybridized carbons (Fsp3) is 0.500. The first-order chi connectivity index (χ1) is 4.93. The molecule has 1 rings (SSSR count). The molecule has 1 aromatic heterocycles. The highest BCUT2D eigenvalue weighted by Crippen LogP contribution is 2.09. The van der Waals surface area contributed by atoms with Crippen molar-refractivity contribution >= 4 is 11.3 Å². The molecule has 0 fully saturated rings. The maximum Gasteiger partial charge on any atom is 0.0794 e. The topological polar surface area (TPSA) is 12.9 Å². The molecule has 1 radical (unpaired) electrons. The molecule has 0 aromatic carbocycles. The maximum atomic E-state index is 4.00. The third-order valence-corrected chi connectivity index (χ3v) is 2.25. The third kappa shape index (κ3) is 2.48. The Hall–Kier alpha value is -0.370. The van der Waals surface area contributed by atoms with Crippen molar-refractivity contribution in [1.82, 2.24) is 4.98 Å². The van der Waals surface area contributed by atoms with E-state index in [-0.39, 0.29) is 0 Å². The molecule has 0 aliphatic heterocycles. The lowest BCUT2D eigenvalue weighted by atomic mass is 10.2. The highest BCUT2D eigenvalue weighted by molar-refractivity contribution is 7.09. The Balaban J connectivity index is 2.15. The first kappa shape index (κ1) is 7.73. The molecule has 0 amide bonds. The highest BCUT2D eigenvalue weighted by atomic mass is 32.1. The smallest absolute Gasteiger partial charge is 0.0794 e. The lowest BCUT2D eigenvalue weighted by Crippen LogP contribution is -1.79. The Morgan fingerprint density at radius 3 is 3.00 bits per heavy atom. The SMILES string of the molecule is [CH2]CCCCc1cncs1. The predicted octanol–water partition coefficient (Wildman–Crippen LogP) is 2.69. The van der Waals surface area contributed by atoms with Crippen LogP contribution < -0.4 is 0 Å². The van der Waals surface area contributed by atoms with E-state index >= 15 is 0 Å². The molecule has 0 bridgehead atoms. The van der Waals surface area contributed by atoms with Crippen LogP contribution in [0.3, 0.4) is 0 Å². The van der Waals surface area contributed by atoms with E-state index in [0.717, 1.165) is 6.42 Å². The Morgan fingerprint density at radius 1 is 1.50 bits per heavy atom. The van der Waals surface area contributed by atoms with Gasteiger partial charge in [-0.1, -0.05) is 19.8 Å². The van der Waals surface area contributed by atoms with Crippen LogP contribution in [0.4, 0.5) is 0 Å². The molecule has 0 saturated carbocycles. The van der Waals surface area contributed by atoms with Crippen molar-refractivity contribution in [3.63, 3.8) is 0 Å². The monoisotopic (exact) mass is 154 g/mol. The van der Waals surface area contributed by atoms with Gasteiger partial charge >= 0.3 is 0 Å². The molecule has 0 saturated heterocycles. The molecule has 0 unspecified atom stereocenters. The lowest BCUT2D eigenvalue weighted by Gasteiger charge is -1.92. The van der Waals surface area contributed by atoms with E-state index in [2.05, 4.69) is 11.9 Å². The summed E-state index contributed by atoms with van der Waals surface area (Å²) in [6, 6.07) is 0. The zero-order valence-electron chi connectivity index (χ0n) is 6.05. The predicted molar refractivity (Wildman–Crippen MR) is 45.0 cm³/mol. The minimum atomic E-state index is 1.05. The Morgan fingerprint density at radius 2 is 2.40 bits per heavy atom. The molecule has 1 aromatic rings. The number of nitrogens with zero attached hydrogens (tertiary/aromatic N) is 1. The standard InChI is InChI=1S/C8H12NS/c1-2-3-4-5-8-6-9-7-10-8/h6-7H,1-5H2. The molecule has 0 N–H and O–H groups in total. The van der Waals surface area contributed by atoms with Crippen molar-refractivity contribution in [1.29, 1.82) is 0 Å². The second-order valence-electron chi connectivity index (χ2n) is 2.28. The number of rotatable bonds is 4. The molecule has 0 aliphatic rings. The van der Waals surface area contributed by atoms with Gasteiger partial charge in [0.1, 0.15) is 0 Å². The summed E-state index contributed by atoms with van der Waals surface area (Å²) in [4.78, 5) is 5.40. The molecule has 0 aliphatic carbocycles. The zero-order chi connectivity index (χ0) is 7.23. The Bertz CT molecular complexity index is 158. The summed E-state index contributed by atoms with van der Waals surface area (Å²) in [5.74, 6) is 0. The zero-order valence-corrected chi connectivity index (χ0v) is 6.86. The number of unbranched alkanes of at least 4 members (excludes halogenated alkanes) is 2. The van der Waals surface area contributed by atoms with E-state index in [9.17, 15) is 0 Å². The first-order valence-electron chi connectivity index (χ1n) is 3.60. The molecular weight excluding hydrogens is 142 g/mol. The van der Waals surface area contributed by atoms with Gasteiger partial charge in [0.05, 0.1) is 5.51 Å². The fourth-order valence-corrected chi connectivity index (χ4v) is 1.48. The molecule has 0 atom stereocenters. The summed E-state index contributed by atoms with van der Waals surface area (Å²) in [7, 11) is 0. The van der Waals surface area contributed by atoms with Crippen LogP contribution in [0.5, 0.6) is 0 Å². The van der Waals surface area contributed by atoms with Gasteiger partial charge in [0.15, 0.2) is 0 Å². The highest BCUT2D eigenvalue weighted by Gasteiger charge is 1.92. The third-order valence-electron chi connectivity index (χ3n) is 1.41. The van der Waals surface area contributed by atoms with Crippen LogP contribution in [0.1, 0.15) is 24.1 Å². The molecule has 1 heterocycles. The molecular formula is C8H12NS. The summed E-state index contributed by atoms with van der Waals surface area (Å²) < 4.78 is 0. The van der Waals surface area contributed by atoms with Crippen molar-refractivity contribution in [2.75, 3.05) is 0 Å². The minimum absolute atomic E-state index is 1.05. The van der Waals surface area contributed by atoms with Crippen LogP contribution >= 0.6 is 11.3 Å². The van der Waals surface area contributed by atoms with E-state index < -0.39 is 0 Å². The Labute approximate surface area is 66.1 Å². The van der Waals surface area contributed by atoms with Gasteiger partial charge in [0.25, 0.3) is 0 Å². The fourth-order valence-electron chi connectivity index (χ4n) is 0.842. The van der Waals surface area contributed by atoms with Crippen LogP contribution in [0.25, 0.3) is 0 Å². The molecule has 0 spiro atoms. The van der Waals surface area contributed by atoms with E-state index in [1.165, 1.54) is 24.1 Å². The number of aryl methyl sites for hydroxylation is 1. The van der Waals surface area contributed by atoms with Crippen molar-refractivity contribution < 1.29 is 0 Å². The molecule has 10 heavy (non-hydrogen) atoms. The summed E-state index contributed by atoms with van der Waals surface area (Å²) in [5.41, 5.74) is 1.89. The molecule has 55 valence electrons. The summed E-state index contributed by atoms with van der Waals surface area (Å²) in [6.45, 7) is 3.79. The number of aromatic nitrogens is 1. The average Bonchev–Trinajstić information content (AvgIpc) is 2.41. The molecule has 2 heteroatoms. The second-order valence-corrected chi connectivity index (χ2v) is 3.25. The summed E-state index contributed by atoms with van der Waals surface area (Å²) in [5, 5.41) is 0.